The lowest BCUT2D eigenvalue weighted by molar-refractivity contribution is 0.0955. The van der Waals surface area contributed by atoms with Crippen molar-refractivity contribution in [3.63, 3.8) is 0 Å². The molecule has 3 nitrogen and oxygen atoms in total. The van der Waals surface area contributed by atoms with Crippen LogP contribution in [0.3, 0.4) is 0 Å². The van der Waals surface area contributed by atoms with Crippen LogP contribution in [0.2, 0.25) is 0 Å². The second-order valence-electron chi connectivity index (χ2n) is 3.65. The zero-order valence-electron chi connectivity index (χ0n) is 9.01. The van der Waals surface area contributed by atoms with Gasteiger partial charge in [0.2, 0.25) is 0 Å². The van der Waals surface area contributed by atoms with E-state index < -0.39 is 0 Å². The second-order valence-corrected chi connectivity index (χ2v) is 3.65. The number of halogens is 1. The van der Waals surface area contributed by atoms with E-state index in [2.05, 4.69) is 10.3 Å². The zero-order chi connectivity index (χ0) is 11.5. The lowest BCUT2D eigenvalue weighted by atomic mass is 10.1. The lowest BCUT2D eigenvalue weighted by Crippen LogP contribution is -2.23. The van der Waals surface area contributed by atoms with Gasteiger partial charge < -0.3 is 10.3 Å². The van der Waals surface area contributed by atoms with Gasteiger partial charge in [-0.15, -0.1) is 0 Å². The molecule has 0 bridgehead atoms. The number of aromatic nitrogens is 1. The van der Waals surface area contributed by atoms with Crippen molar-refractivity contribution in [1.29, 1.82) is 0 Å². The average molecular weight is 220 g/mol. The first kappa shape index (κ1) is 10.7. The van der Waals surface area contributed by atoms with Gasteiger partial charge in [-0.1, -0.05) is 6.92 Å². The van der Waals surface area contributed by atoms with Crippen molar-refractivity contribution in [1.82, 2.24) is 10.3 Å². The lowest BCUT2D eigenvalue weighted by Gasteiger charge is -2.01. The first-order valence-electron chi connectivity index (χ1n) is 5.27. The number of fused-ring (bicyclic) bond motifs is 1. The Kier molecular flexibility index (Phi) is 2.90. The largest absolute Gasteiger partial charge is 0.360 e. The van der Waals surface area contributed by atoms with E-state index in [-0.39, 0.29) is 11.7 Å². The van der Waals surface area contributed by atoms with Gasteiger partial charge >= 0.3 is 0 Å². The van der Waals surface area contributed by atoms with E-state index in [0.29, 0.717) is 17.6 Å². The van der Waals surface area contributed by atoms with Gasteiger partial charge in [0.25, 0.3) is 5.91 Å². The molecule has 2 aromatic rings. The summed E-state index contributed by atoms with van der Waals surface area (Å²) < 4.78 is 12.9. The molecular weight excluding hydrogens is 207 g/mol. The number of amides is 1. The van der Waals surface area contributed by atoms with Crippen LogP contribution in [0.5, 0.6) is 0 Å². The maximum Gasteiger partial charge on any atom is 0.253 e. The van der Waals surface area contributed by atoms with Crippen molar-refractivity contribution in [2.24, 2.45) is 0 Å². The second kappa shape index (κ2) is 4.35. The molecular formula is C12H13FN2O. The third-order valence-corrected chi connectivity index (χ3v) is 2.42. The van der Waals surface area contributed by atoms with Crippen molar-refractivity contribution >= 4 is 16.8 Å². The molecule has 0 saturated carbocycles. The summed E-state index contributed by atoms with van der Waals surface area (Å²) in [7, 11) is 0. The molecule has 1 aromatic heterocycles. The van der Waals surface area contributed by atoms with Gasteiger partial charge in [0.1, 0.15) is 5.82 Å². The molecule has 1 amide bonds. The molecule has 0 atom stereocenters. The third kappa shape index (κ3) is 1.91. The molecule has 0 saturated heterocycles. The summed E-state index contributed by atoms with van der Waals surface area (Å²) in [6.07, 6.45) is 2.50. The number of hydrogen-bond acceptors (Lipinski definition) is 1. The van der Waals surface area contributed by atoms with Crippen LogP contribution in [0.4, 0.5) is 4.39 Å². The van der Waals surface area contributed by atoms with Crippen LogP contribution in [0.1, 0.15) is 23.7 Å². The fourth-order valence-electron chi connectivity index (χ4n) is 1.62. The number of benzene rings is 1. The average Bonchev–Trinajstić information content (AvgIpc) is 2.68. The van der Waals surface area contributed by atoms with Crippen molar-refractivity contribution in [2.45, 2.75) is 13.3 Å². The summed E-state index contributed by atoms with van der Waals surface area (Å²) >= 11 is 0. The van der Waals surface area contributed by atoms with Crippen molar-refractivity contribution in [3.8, 4) is 0 Å². The van der Waals surface area contributed by atoms with Gasteiger partial charge in [-0.05, 0) is 24.6 Å². The van der Waals surface area contributed by atoms with E-state index in [1.54, 1.807) is 12.3 Å². The zero-order valence-corrected chi connectivity index (χ0v) is 9.01. The number of carbonyl (C=O) groups is 1. The van der Waals surface area contributed by atoms with E-state index in [0.717, 1.165) is 11.8 Å². The third-order valence-electron chi connectivity index (χ3n) is 2.42. The molecule has 1 aromatic carbocycles. The molecule has 16 heavy (non-hydrogen) atoms. The number of carbonyl (C=O) groups excluding carboxylic acids is 1. The monoisotopic (exact) mass is 220 g/mol. The van der Waals surface area contributed by atoms with Gasteiger partial charge in [0.15, 0.2) is 0 Å². The summed E-state index contributed by atoms with van der Waals surface area (Å²) in [5.74, 6) is -0.436. The van der Waals surface area contributed by atoms with Crippen LogP contribution in [0.25, 0.3) is 10.9 Å². The van der Waals surface area contributed by atoms with Crippen LogP contribution in [0.15, 0.2) is 24.4 Å². The number of nitrogens with one attached hydrogen (secondary N) is 2. The van der Waals surface area contributed by atoms with E-state index in [9.17, 15) is 9.18 Å². The van der Waals surface area contributed by atoms with Gasteiger partial charge in [-0.3, -0.25) is 4.79 Å². The first-order chi connectivity index (χ1) is 7.72. The Balaban J connectivity index is 2.34. The SMILES string of the molecule is CCCNC(=O)c1c[nH]c2cc(F)ccc12. The highest BCUT2D eigenvalue weighted by atomic mass is 19.1. The summed E-state index contributed by atoms with van der Waals surface area (Å²) in [5, 5.41) is 3.53. The predicted octanol–water partition coefficient (Wildman–Crippen LogP) is 2.45. The number of aromatic amines is 1. The molecule has 1 heterocycles. The number of hydrogen-bond donors (Lipinski definition) is 2. The Morgan fingerprint density at radius 1 is 1.50 bits per heavy atom. The fraction of sp³-hybridized carbons (Fsp3) is 0.250. The number of rotatable bonds is 3. The molecule has 2 rings (SSSR count). The summed E-state index contributed by atoms with van der Waals surface area (Å²) in [5.41, 5.74) is 1.20. The summed E-state index contributed by atoms with van der Waals surface area (Å²) in [6.45, 7) is 2.64. The Labute approximate surface area is 92.7 Å². The molecule has 4 heteroatoms. The van der Waals surface area contributed by atoms with Crippen LogP contribution >= 0.6 is 0 Å². The topological polar surface area (TPSA) is 44.9 Å². The maximum absolute atomic E-state index is 12.9. The van der Waals surface area contributed by atoms with Crippen molar-refractivity contribution in [3.05, 3.63) is 35.8 Å². The van der Waals surface area contributed by atoms with E-state index in [1.165, 1.54) is 12.1 Å². The Hall–Kier alpha value is -1.84. The van der Waals surface area contributed by atoms with Crippen LogP contribution < -0.4 is 5.32 Å². The van der Waals surface area contributed by atoms with Crippen LogP contribution in [-0.4, -0.2) is 17.4 Å². The van der Waals surface area contributed by atoms with Crippen LogP contribution in [0, 0.1) is 5.82 Å². The molecule has 0 aliphatic rings. The molecule has 0 aliphatic heterocycles. The molecule has 0 unspecified atom stereocenters. The Bertz CT molecular complexity index is 519. The maximum atomic E-state index is 12.9. The minimum Gasteiger partial charge on any atom is -0.360 e. The highest BCUT2D eigenvalue weighted by Gasteiger charge is 2.11. The minimum atomic E-state index is -0.310. The normalized spacial score (nSPS) is 10.6. The van der Waals surface area contributed by atoms with E-state index in [4.69, 9.17) is 0 Å². The molecule has 2 N–H and O–H groups in total. The van der Waals surface area contributed by atoms with Gasteiger partial charge in [-0.25, -0.2) is 4.39 Å². The minimum absolute atomic E-state index is 0.125. The standard InChI is InChI=1S/C12H13FN2O/c1-2-5-14-12(16)10-7-15-11-6-8(13)3-4-9(10)11/h3-4,6-7,15H,2,5H2,1H3,(H,14,16). The van der Waals surface area contributed by atoms with Gasteiger partial charge in [0, 0.05) is 23.6 Å². The quantitative estimate of drug-likeness (QED) is 0.819. The summed E-state index contributed by atoms with van der Waals surface area (Å²) in [4.78, 5) is 14.6. The van der Waals surface area contributed by atoms with Crippen molar-refractivity contribution < 1.29 is 9.18 Å². The molecule has 0 spiro atoms. The van der Waals surface area contributed by atoms with E-state index in [1.807, 2.05) is 6.92 Å². The fourth-order valence-corrected chi connectivity index (χ4v) is 1.62. The van der Waals surface area contributed by atoms with Gasteiger partial charge in [0.05, 0.1) is 5.56 Å². The number of H-pyrrole nitrogens is 1. The molecule has 84 valence electrons. The highest BCUT2D eigenvalue weighted by Crippen LogP contribution is 2.18. The van der Waals surface area contributed by atoms with Crippen LogP contribution in [-0.2, 0) is 0 Å². The highest BCUT2D eigenvalue weighted by molar-refractivity contribution is 6.06. The first-order valence-corrected chi connectivity index (χ1v) is 5.27. The smallest absolute Gasteiger partial charge is 0.253 e. The van der Waals surface area contributed by atoms with Crippen molar-refractivity contribution in [2.75, 3.05) is 6.54 Å². The van der Waals surface area contributed by atoms with E-state index >= 15 is 0 Å². The summed E-state index contributed by atoms with van der Waals surface area (Å²) in [6, 6.07) is 4.35. The Morgan fingerprint density at radius 2 is 2.31 bits per heavy atom. The van der Waals surface area contributed by atoms with Gasteiger partial charge in [-0.2, -0.15) is 0 Å². The molecule has 0 fully saturated rings. The molecule has 0 radical (unpaired) electrons. The predicted molar refractivity (Wildman–Crippen MR) is 60.9 cm³/mol. The molecule has 0 aliphatic carbocycles. The Morgan fingerprint density at radius 3 is 3.06 bits per heavy atom.